The van der Waals surface area contributed by atoms with E-state index in [1.165, 1.54) is 52.4 Å². The van der Waals surface area contributed by atoms with Gasteiger partial charge in [-0.25, -0.2) is 0 Å². The summed E-state index contributed by atoms with van der Waals surface area (Å²) in [5.74, 6) is -0.562. The molecule has 1 rings (SSSR count). The first-order chi connectivity index (χ1) is 18.7. The molecule has 0 saturated carbocycles. The van der Waals surface area contributed by atoms with Gasteiger partial charge in [0, 0.05) is 24.9 Å². The maximum absolute atomic E-state index is 12.4. The van der Waals surface area contributed by atoms with Gasteiger partial charge in [0.05, 0.1) is 11.3 Å². The molecule has 0 radical (unpaired) electrons. The summed E-state index contributed by atoms with van der Waals surface area (Å²) >= 11 is 0. The molecule has 0 aliphatic heterocycles. The zero-order valence-electron chi connectivity index (χ0n) is 25.0. The second-order valence-electron chi connectivity index (χ2n) is 11.0. The summed E-state index contributed by atoms with van der Waals surface area (Å²) in [6.45, 7) is 8.65. The van der Waals surface area contributed by atoms with Crippen LogP contribution < -0.4 is 16.4 Å². The SMILES string of the molecule is CCCCCC(CN)(CCC)CCCCCC(=O)NCCCCCC(=O)Nc1cccc(C(C)=O)c1C(C)=O. The Labute approximate surface area is 236 Å². The van der Waals surface area contributed by atoms with Crippen LogP contribution in [0, 0.1) is 5.41 Å². The number of amides is 2. The van der Waals surface area contributed by atoms with Crippen molar-refractivity contribution in [3.63, 3.8) is 0 Å². The first-order valence-corrected chi connectivity index (χ1v) is 15.1. The molecular weight excluding hydrogens is 490 g/mol. The third-order valence-corrected chi connectivity index (χ3v) is 7.61. The highest BCUT2D eigenvalue weighted by molar-refractivity contribution is 6.12. The van der Waals surface area contributed by atoms with E-state index < -0.39 is 0 Å². The summed E-state index contributed by atoms with van der Waals surface area (Å²) in [6.07, 6.45) is 14.8. The largest absolute Gasteiger partial charge is 0.356 e. The number of carbonyl (C=O) groups is 4. The number of ketones is 2. The Hall–Kier alpha value is -2.54. The van der Waals surface area contributed by atoms with E-state index in [-0.39, 0.29) is 34.4 Å². The molecule has 0 bridgehead atoms. The number of hydrogen-bond acceptors (Lipinski definition) is 5. The summed E-state index contributed by atoms with van der Waals surface area (Å²) in [5, 5.41) is 5.76. The quantitative estimate of drug-likeness (QED) is 0.108. The molecule has 2 amide bonds. The number of nitrogens with one attached hydrogen (secondary N) is 2. The van der Waals surface area contributed by atoms with Crippen molar-refractivity contribution in [2.24, 2.45) is 11.1 Å². The fourth-order valence-corrected chi connectivity index (χ4v) is 5.37. The maximum Gasteiger partial charge on any atom is 0.224 e. The van der Waals surface area contributed by atoms with Gasteiger partial charge in [-0.15, -0.1) is 0 Å². The van der Waals surface area contributed by atoms with E-state index in [4.69, 9.17) is 5.73 Å². The Morgan fingerprint density at radius 1 is 0.744 bits per heavy atom. The van der Waals surface area contributed by atoms with Gasteiger partial charge in [-0.3, -0.25) is 19.2 Å². The molecule has 1 unspecified atom stereocenters. The molecule has 220 valence electrons. The molecule has 4 N–H and O–H groups in total. The average Bonchev–Trinajstić information content (AvgIpc) is 2.90. The highest BCUT2D eigenvalue weighted by atomic mass is 16.2. The smallest absolute Gasteiger partial charge is 0.224 e. The second kappa shape index (κ2) is 19.5. The fraction of sp³-hybridized carbons (Fsp3) is 0.688. The van der Waals surface area contributed by atoms with Crippen LogP contribution >= 0.6 is 0 Å². The zero-order chi connectivity index (χ0) is 29.1. The number of Topliss-reactive ketones (excluding diaryl/α,β-unsaturated/α-hetero) is 2. The monoisotopic (exact) mass is 543 g/mol. The summed E-state index contributed by atoms with van der Waals surface area (Å²) in [4.78, 5) is 48.4. The Morgan fingerprint density at radius 2 is 1.38 bits per heavy atom. The zero-order valence-corrected chi connectivity index (χ0v) is 25.0. The minimum absolute atomic E-state index is 0.0939. The molecule has 0 heterocycles. The van der Waals surface area contributed by atoms with Crippen LogP contribution in [0.1, 0.15) is 145 Å². The van der Waals surface area contributed by atoms with E-state index in [1.807, 2.05) is 0 Å². The number of anilines is 1. The average molecular weight is 544 g/mol. The van der Waals surface area contributed by atoms with Crippen LogP contribution in [0.4, 0.5) is 5.69 Å². The minimum atomic E-state index is -0.255. The molecule has 1 aromatic carbocycles. The number of nitrogens with two attached hydrogens (primary N) is 1. The number of carbonyl (C=O) groups excluding carboxylic acids is 4. The van der Waals surface area contributed by atoms with Crippen molar-refractivity contribution in [3.05, 3.63) is 29.3 Å². The van der Waals surface area contributed by atoms with Crippen LogP contribution in [0.3, 0.4) is 0 Å². The van der Waals surface area contributed by atoms with E-state index in [2.05, 4.69) is 24.5 Å². The normalized spacial score (nSPS) is 12.5. The van der Waals surface area contributed by atoms with Gasteiger partial charge >= 0.3 is 0 Å². The van der Waals surface area contributed by atoms with Gasteiger partial charge in [0.15, 0.2) is 11.6 Å². The third-order valence-electron chi connectivity index (χ3n) is 7.61. The number of unbranched alkanes of at least 4 members (excludes halogenated alkanes) is 6. The van der Waals surface area contributed by atoms with Crippen molar-refractivity contribution < 1.29 is 19.2 Å². The van der Waals surface area contributed by atoms with E-state index in [0.717, 1.165) is 45.1 Å². The van der Waals surface area contributed by atoms with Crippen LogP contribution in [-0.2, 0) is 9.59 Å². The first kappa shape index (κ1) is 34.5. The molecule has 7 heteroatoms. The Morgan fingerprint density at radius 3 is 1.97 bits per heavy atom. The molecule has 1 atom stereocenters. The summed E-state index contributed by atoms with van der Waals surface area (Å²) in [7, 11) is 0. The van der Waals surface area contributed by atoms with Crippen LogP contribution in [0.15, 0.2) is 18.2 Å². The summed E-state index contributed by atoms with van der Waals surface area (Å²) in [5.41, 5.74) is 7.43. The van der Waals surface area contributed by atoms with Crippen molar-refractivity contribution in [2.75, 3.05) is 18.4 Å². The van der Waals surface area contributed by atoms with Gasteiger partial charge in [0.1, 0.15) is 0 Å². The predicted molar refractivity (Wildman–Crippen MR) is 160 cm³/mol. The van der Waals surface area contributed by atoms with Gasteiger partial charge < -0.3 is 16.4 Å². The topological polar surface area (TPSA) is 118 Å². The van der Waals surface area contributed by atoms with Crippen LogP contribution in [0.5, 0.6) is 0 Å². The molecule has 39 heavy (non-hydrogen) atoms. The summed E-state index contributed by atoms with van der Waals surface area (Å²) < 4.78 is 0. The van der Waals surface area contributed by atoms with E-state index in [0.29, 0.717) is 37.1 Å². The number of rotatable bonds is 22. The molecule has 0 aromatic heterocycles. The van der Waals surface area contributed by atoms with Crippen molar-refractivity contribution in [3.8, 4) is 0 Å². The van der Waals surface area contributed by atoms with Gasteiger partial charge in [-0.1, -0.05) is 70.9 Å². The van der Waals surface area contributed by atoms with Gasteiger partial charge in [0.25, 0.3) is 0 Å². The lowest BCUT2D eigenvalue weighted by molar-refractivity contribution is -0.121. The van der Waals surface area contributed by atoms with E-state index in [1.54, 1.807) is 18.2 Å². The maximum atomic E-state index is 12.4. The molecule has 0 saturated heterocycles. The Kier molecular flexibility index (Phi) is 17.3. The minimum Gasteiger partial charge on any atom is -0.356 e. The molecule has 0 spiro atoms. The second-order valence-corrected chi connectivity index (χ2v) is 11.0. The Balaban J connectivity index is 2.24. The van der Waals surface area contributed by atoms with Gasteiger partial charge in [-0.05, 0) is 70.4 Å². The predicted octanol–water partition coefficient (Wildman–Crippen LogP) is 6.98. The van der Waals surface area contributed by atoms with Crippen LogP contribution in [0.25, 0.3) is 0 Å². The van der Waals surface area contributed by atoms with Crippen molar-refractivity contribution >= 4 is 29.1 Å². The standard InChI is InChI=1S/C32H53N3O4/c1-5-7-12-21-32(24-33,20-6-2)22-13-8-10-18-29(38)34-23-14-9-11-19-30(39)35-28-17-15-16-27(25(3)36)31(28)26(4)37/h15-17H,5-14,18-24,33H2,1-4H3,(H,34,38)(H,35,39). The lowest BCUT2D eigenvalue weighted by Crippen LogP contribution is -2.30. The fourth-order valence-electron chi connectivity index (χ4n) is 5.37. The van der Waals surface area contributed by atoms with E-state index in [9.17, 15) is 19.2 Å². The first-order valence-electron chi connectivity index (χ1n) is 15.1. The Bertz CT molecular complexity index is 915. The molecule has 0 fully saturated rings. The molecule has 1 aromatic rings. The van der Waals surface area contributed by atoms with Crippen molar-refractivity contribution in [2.45, 2.75) is 124 Å². The number of benzene rings is 1. The van der Waals surface area contributed by atoms with Gasteiger partial charge in [0.2, 0.25) is 11.8 Å². The van der Waals surface area contributed by atoms with Crippen LogP contribution in [-0.4, -0.2) is 36.5 Å². The van der Waals surface area contributed by atoms with Crippen LogP contribution in [0.2, 0.25) is 0 Å². The summed E-state index contributed by atoms with van der Waals surface area (Å²) in [6, 6.07) is 4.90. The molecule has 0 aliphatic rings. The van der Waals surface area contributed by atoms with E-state index >= 15 is 0 Å². The number of hydrogen-bond donors (Lipinski definition) is 3. The highest BCUT2D eigenvalue weighted by Gasteiger charge is 2.26. The van der Waals surface area contributed by atoms with Crippen molar-refractivity contribution in [1.29, 1.82) is 0 Å². The lowest BCUT2D eigenvalue weighted by Gasteiger charge is -2.33. The third kappa shape index (κ3) is 13.4. The molecule has 0 aliphatic carbocycles. The molecule has 7 nitrogen and oxygen atoms in total. The molecular formula is C32H53N3O4. The lowest BCUT2D eigenvalue weighted by atomic mass is 9.74. The van der Waals surface area contributed by atoms with Gasteiger partial charge in [-0.2, -0.15) is 0 Å². The van der Waals surface area contributed by atoms with Crippen molar-refractivity contribution in [1.82, 2.24) is 5.32 Å². The highest BCUT2D eigenvalue weighted by Crippen LogP contribution is 2.35.